The maximum atomic E-state index is 14.1. The third-order valence-electron chi connectivity index (χ3n) is 3.05. The van der Waals surface area contributed by atoms with Gasteiger partial charge in [0.1, 0.15) is 17.3 Å². The number of aryl methyl sites for hydroxylation is 1. The van der Waals surface area contributed by atoms with Crippen molar-refractivity contribution in [2.45, 2.75) is 39.8 Å². The molecule has 1 heterocycles. The lowest BCUT2D eigenvalue weighted by Crippen LogP contribution is -2.35. The fourth-order valence-corrected chi connectivity index (χ4v) is 1.86. The predicted octanol–water partition coefficient (Wildman–Crippen LogP) is 4.21. The van der Waals surface area contributed by atoms with E-state index in [2.05, 4.69) is 10.3 Å². The summed E-state index contributed by atoms with van der Waals surface area (Å²) in [6, 6.07) is 8.50. The van der Waals surface area contributed by atoms with Gasteiger partial charge in [-0.1, -0.05) is 6.07 Å². The molecule has 2 rings (SSSR count). The summed E-state index contributed by atoms with van der Waals surface area (Å²) >= 11 is 0. The summed E-state index contributed by atoms with van der Waals surface area (Å²) in [5.41, 5.74) is 1.20. The molecule has 0 aliphatic rings. The Morgan fingerprint density at radius 2 is 1.86 bits per heavy atom. The first-order valence-electron chi connectivity index (χ1n) is 6.99. The van der Waals surface area contributed by atoms with Gasteiger partial charge in [-0.3, -0.25) is 4.98 Å². The lowest BCUT2D eigenvalue weighted by atomic mass is 10.1. The Hall–Kier alpha value is -1.94. The Morgan fingerprint density at radius 1 is 1.14 bits per heavy atom. The molecule has 0 aliphatic carbocycles. The molecule has 0 unspecified atom stereocenters. The van der Waals surface area contributed by atoms with Crippen molar-refractivity contribution in [2.75, 3.05) is 0 Å². The lowest BCUT2D eigenvalue weighted by Gasteiger charge is -2.22. The minimum absolute atomic E-state index is 0.0935. The molecule has 1 aromatic heterocycles. The highest BCUT2D eigenvalue weighted by Crippen LogP contribution is 2.28. The second-order valence-corrected chi connectivity index (χ2v) is 6.01. The van der Waals surface area contributed by atoms with E-state index in [4.69, 9.17) is 4.74 Å². The van der Waals surface area contributed by atoms with Gasteiger partial charge in [-0.25, -0.2) is 4.39 Å². The van der Waals surface area contributed by atoms with Crippen LogP contribution in [0.25, 0.3) is 0 Å². The summed E-state index contributed by atoms with van der Waals surface area (Å²) in [7, 11) is 0. The van der Waals surface area contributed by atoms with Crippen molar-refractivity contribution in [2.24, 2.45) is 0 Å². The molecule has 0 atom stereocenters. The zero-order valence-corrected chi connectivity index (χ0v) is 12.9. The van der Waals surface area contributed by atoms with Gasteiger partial charge in [0.25, 0.3) is 0 Å². The van der Waals surface area contributed by atoms with Crippen molar-refractivity contribution in [1.82, 2.24) is 10.3 Å². The molecule has 1 N–H and O–H groups in total. The number of ether oxygens (including phenoxy) is 1. The Kier molecular flexibility index (Phi) is 4.58. The molecule has 0 spiro atoms. The maximum absolute atomic E-state index is 14.1. The first-order chi connectivity index (χ1) is 9.87. The minimum Gasteiger partial charge on any atom is -0.455 e. The Labute approximate surface area is 125 Å². The zero-order valence-electron chi connectivity index (χ0n) is 12.9. The van der Waals surface area contributed by atoms with Crippen LogP contribution in [-0.4, -0.2) is 10.5 Å². The molecule has 0 saturated carbocycles. The predicted molar refractivity (Wildman–Crippen MR) is 82.0 cm³/mol. The second kappa shape index (κ2) is 6.22. The molecule has 2 aromatic rings. The van der Waals surface area contributed by atoms with Crippen LogP contribution in [0.1, 0.15) is 32.0 Å². The van der Waals surface area contributed by atoms with Gasteiger partial charge in [-0.2, -0.15) is 0 Å². The van der Waals surface area contributed by atoms with Crippen molar-refractivity contribution in [1.29, 1.82) is 0 Å². The number of hydrogen-bond donors (Lipinski definition) is 1. The lowest BCUT2D eigenvalue weighted by molar-refractivity contribution is 0.405. The first kappa shape index (κ1) is 15.4. The summed E-state index contributed by atoms with van der Waals surface area (Å²) in [4.78, 5) is 4.18. The molecule has 3 nitrogen and oxygen atoms in total. The molecule has 112 valence electrons. The standard InChI is InChI=1S/C17H21FN2O/c1-12-15(9-6-10-19-12)21-16-8-5-7-14(18)13(16)11-20-17(2,3)4/h5-10,20H,11H2,1-4H3. The maximum Gasteiger partial charge on any atom is 0.148 e. The van der Waals surface area contributed by atoms with Crippen LogP contribution in [0.5, 0.6) is 11.5 Å². The van der Waals surface area contributed by atoms with E-state index in [9.17, 15) is 4.39 Å². The highest BCUT2D eigenvalue weighted by Gasteiger charge is 2.15. The first-order valence-corrected chi connectivity index (χ1v) is 6.99. The van der Waals surface area contributed by atoms with Gasteiger partial charge in [0.2, 0.25) is 0 Å². The van der Waals surface area contributed by atoms with Crippen molar-refractivity contribution in [3.63, 3.8) is 0 Å². The van der Waals surface area contributed by atoms with Crippen LogP contribution in [-0.2, 0) is 6.54 Å². The fourth-order valence-electron chi connectivity index (χ4n) is 1.86. The van der Waals surface area contributed by atoms with Gasteiger partial charge in [-0.05, 0) is 52.0 Å². The van der Waals surface area contributed by atoms with Gasteiger partial charge in [0.05, 0.1) is 5.69 Å². The topological polar surface area (TPSA) is 34.1 Å². The van der Waals surface area contributed by atoms with E-state index < -0.39 is 0 Å². The van der Waals surface area contributed by atoms with Gasteiger partial charge < -0.3 is 10.1 Å². The highest BCUT2D eigenvalue weighted by molar-refractivity contribution is 5.39. The van der Waals surface area contributed by atoms with Crippen LogP contribution >= 0.6 is 0 Å². The van der Waals surface area contributed by atoms with E-state index in [1.165, 1.54) is 6.07 Å². The largest absolute Gasteiger partial charge is 0.455 e. The third-order valence-corrected chi connectivity index (χ3v) is 3.05. The van der Waals surface area contributed by atoms with Gasteiger partial charge in [0, 0.05) is 23.8 Å². The molecule has 0 amide bonds. The summed E-state index contributed by atoms with van der Waals surface area (Å²) in [6.07, 6.45) is 1.70. The van der Waals surface area contributed by atoms with Gasteiger partial charge in [-0.15, -0.1) is 0 Å². The van der Waals surface area contributed by atoms with Crippen LogP contribution in [0.3, 0.4) is 0 Å². The van der Waals surface area contributed by atoms with Crippen LogP contribution in [0, 0.1) is 12.7 Å². The monoisotopic (exact) mass is 288 g/mol. The molecule has 0 aliphatic heterocycles. The smallest absolute Gasteiger partial charge is 0.148 e. The van der Waals surface area contributed by atoms with Crippen LogP contribution in [0.4, 0.5) is 4.39 Å². The van der Waals surface area contributed by atoms with Crippen molar-refractivity contribution in [3.8, 4) is 11.5 Å². The van der Waals surface area contributed by atoms with Gasteiger partial charge >= 0.3 is 0 Å². The van der Waals surface area contributed by atoms with E-state index in [0.717, 1.165) is 5.69 Å². The van der Waals surface area contributed by atoms with Crippen molar-refractivity contribution in [3.05, 3.63) is 53.6 Å². The third kappa shape index (κ3) is 4.26. The van der Waals surface area contributed by atoms with Crippen LogP contribution < -0.4 is 10.1 Å². The quantitative estimate of drug-likeness (QED) is 0.915. The Bertz CT molecular complexity index is 620. The number of hydrogen-bond acceptors (Lipinski definition) is 3. The zero-order chi connectivity index (χ0) is 15.5. The number of nitrogens with one attached hydrogen (secondary N) is 1. The molecule has 1 aromatic carbocycles. The number of halogens is 1. The molecule has 4 heteroatoms. The normalized spacial score (nSPS) is 11.5. The highest BCUT2D eigenvalue weighted by atomic mass is 19.1. The molecule has 0 saturated heterocycles. The molecular weight excluding hydrogens is 267 g/mol. The minimum atomic E-state index is -0.272. The van der Waals surface area contributed by atoms with E-state index in [1.54, 1.807) is 24.4 Å². The van der Waals surface area contributed by atoms with E-state index in [-0.39, 0.29) is 11.4 Å². The summed E-state index contributed by atoms with van der Waals surface area (Å²) in [5, 5.41) is 3.28. The number of benzene rings is 1. The van der Waals surface area contributed by atoms with Crippen LogP contribution in [0.15, 0.2) is 36.5 Å². The van der Waals surface area contributed by atoms with Gasteiger partial charge in [0.15, 0.2) is 0 Å². The van der Waals surface area contributed by atoms with E-state index >= 15 is 0 Å². The molecule has 0 bridgehead atoms. The molecule has 21 heavy (non-hydrogen) atoms. The SMILES string of the molecule is Cc1ncccc1Oc1cccc(F)c1CNC(C)(C)C. The average molecular weight is 288 g/mol. The second-order valence-electron chi connectivity index (χ2n) is 6.01. The molecular formula is C17H21FN2O. The van der Waals surface area contributed by atoms with E-state index in [1.807, 2.05) is 33.8 Å². The molecule has 0 fully saturated rings. The summed E-state index contributed by atoms with van der Waals surface area (Å²) in [6.45, 7) is 8.39. The Balaban J connectivity index is 2.27. The van der Waals surface area contributed by atoms with Crippen molar-refractivity contribution < 1.29 is 9.13 Å². The number of pyridine rings is 1. The average Bonchev–Trinajstić information content (AvgIpc) is 2.39. The number of rotatable bonds is 4. The van der Waals surface area contributed by atoms with Crippen LogP contribution in [0.2, 0.25) is 0 Å². The van der Waals surface area contributed by atoms with Crippen molar-refractivity contribution >= 4 is 0 Å². The van der Waals surface area contributed by atoms with E-state index in [0.29, 0.717) is 23.6 Å². The fraction of sp³-hybridized carbons (Fsp3) is 0.353. The molecule has 0 radical (unpaired) electrons. The summed E-state index contributed by atoms with van der Waals surface area (Å²) < 4.78 is 19.9. The Morgan fingerprint density at radius 3 is 2.52 bits per heavy atom. The number of nitrogens with zero attached hydrogens (tertiary/aromatic N) is 1. The summed E-state index contributed by atoms with van der Waals surface area (Å²) in [5.74, 6) is 0.883. The number of aromatic nitrogens is 1.